The second kappa shape index (κ2) is 5.36. The molecule has 2 atom stereocenters. The highest BCUT2D eigenvalue weighted by Gasteiger charge is 2.21. The van der Waals surface area contributed by atoms with E-state index >= 15 is 0 Å². The van der Waals surface area contributed by atoms with Gasteiger partial charge in [0.15, 0.2) is 0 Å². The van der Waals surface area contributed by atoms with E-state index in [0.717, 1.165) is 6.42 Å². The van der Waals surface area contributed by atoms with Crippen LogP contribution in [0.5, 0.6) is 0 Å². The summed E-state index contributed by atoms with van der Waals surface area (Å²) in [7, 11) is 0. The molecule has 0 saturated heterocycles. The van der Waals surface area contributed by atoms with Gasteiger partial charge in [0, 0.05) is 5.92 Å². The van der Waals surface area contributed by atoms with E-state index in [0.29, 0.717) is 5.92 Å². The molecular formula is C11H20O. The number of allylic oxidation sites excluding steroid dienone is 1. The zero-order chi connectivity index (χ0) is 8.81. The second-order valence-electron chi connectivity index (χ2n) is 3.73. The molecule has 0 aliphatic heterocycles. The number of hydrogen-bond acceptors (Lipinski definition) is 1. The molecule has 70 valence electrons. The van der Waals surface area contributed by atoms with Crippen molar-refractivity contribution in [3.63, 3.8) is 0 Å². The molecule has 0 aromatic heterocycles. The summed E-state index contributed by atoms with van der Waals surface area (Å²) in [4.78, 5) is 0. The largest absolute Gasteiger partial charge is 0.393 e. The molecule has 1 nitrogen and oxygen atoms in total. The number of aliphatic hydroxyl groups excluding tert-OH is 1. The Labute approximate surface area is 75.5 Å². The Morgan fingerprint density at radius 1 is 1.42 bits per heavy atom. The third-order valence-electron chi connectivity index (χ3n) is 2.64. The van der Waals surface area contributed by atoms with E-state index < -0.39 is 0 Å². The summed E-state index contributed by atoms with van der Waals surface area (Å²) in [5.74, 6) is 0.460. The molecule has 12 heavy (non-hydrogen) atoms. The lowest BCUT2D eigenvalue weighted by Gasteiger charge is -2.07. The van der Waals surface area contributed by atoms with Crippen LogP contribution in [0, 0.1) is 5.92 Å². The minimum atomic E-state index is -0.0529. The third-order valence-corrected chi connectivity index (χ3v) is 2.64. The van der Waals surface area contributed by atoms with Gasteiger partial charge in [0.05, 0.1) is 6.10 Å². The van der Waals surface area contributed by atoms with Crippen LogP contribution >= 0.6 is 0 Å². The number of unbranched alkanes of at least 4 members (excludes halogenated alkanes) is 2. The first kappa shape index (κ1) is 9.79. The van der Waals surface area contributed by atoms with Gasteiger partial charge >= 0.3 is 0 Å². The summed E-state index contributed by atoms with van der Waals surface area (Å²) < 4.78 is 0. The van der Waals surface area contributed by atoms with E-state index in [4.69, 9.17) is 0 Å². The van der Waals surface area contributed by atoms with E-state index in [1.165, 1.54) is 32.1 Å². The molecule has 1 N–H and O–H groups in total. The zero-order valence-corrected chi connectivity index (χ0v) is 8.00. The average Bonchev–Trinajstić information content (AvgIpc) is 2.46. The lowest BCUT2D eigenvalue weighted by atomic mass is 10.0. The fourth-order valence-corrected chi connectivity index (χ4v) is 1.79. The van der Waals surface area contributed by atoms with Crippen LogP contribution in [0.2, 0.25) is 0 Å². The standard InChI is InChI=1S/C11H20O/c1-2-3-4-5-7-10-8-6-9-11(10)12/h5,7,10-12H,2-4,6,8-9H2,1H3/b7-5-/t10-,11-/m0/s1. The molecule has 0 bridgehead atoms. The predicted octanol–water partition coefficient (Wildman–Crippen LogP) is 2.89. The van der Waals surface area contributed by atoms with E-state index in [1.54, 1.807) is 0 Å². The number of hydrogen-bond donors (Lipinski definition) is 1. The molecule has 0 radical (unpaired) electrons. The van der Waals surface area contributed by atoms with Crippen LogP contribution in [-0.2, 0) is 0 Å². The molecule has 1 heteroatoms. The summed E-state index contributed by atoms with van der Waals surface area (Å²) in [6.07, 6.45) is 11.5. The van der Waals surface area contributed by atoms with Crippen LogP contribution in [0.25, 0.3) is 0 Å². The lowest BCUT2D eigenvalue weighted by molar-refractivity contribution is 0.153. The summed E-state index contributed by atoms with van der Waals surface area (Å²) in [5, 5.41) is 9.49. The van der Waals surface area contributed by atoms with Crippen molar-refractivity contribution in [1.82, 2.24) is 0 Å². The molecular weight excluding hydrogens is 148 g/mol. The Kier molecular flexibility index (Phi) is 4.37. The monoisotopic (exact) mass is 168 g/mol. The van der Waals surface area contributed by atoms with Gasteiger partial charge in [0.2, 0.25) is 0 Å². The van der Waals surface area contributed by atoms with E-state index in [-0.39, 0.29) is 6.10 Å². The van der Waals surface area contributed by atoms with Gasteiger partial charge in [-0.2, -0.15) is 0 Å². The molecule has 0 heterocycles. The van der Waals surface area contributed by atoms with E-state index in [2.05, 4.69) is 19.1 Å². The Morgan fingerprint density at radius 2 is 2.25 bits per heavy atom. The molecule has 0 amide bonds. The molecule has 0 aromatic rings. The highest BCUT2D eigenvalue weighted by Crippen LogP contribution is 2.26. The highest BCUT2D eigenvalue weighted by atomic mass is 16.3. The number of aliphatic hydroxyl groups is 1. The normalized spacial score (nSPS) is 30.2. The maximum absolute atomic E-state index is 9.49. The number of rotatable bonds is 4. The van der Waals surface area contributed by atoms with Crippen molar-refractivity contribution >= 4 is 0 Å². The topological polar surface area (TPSA) is 20.2 Å². The van der Waals surface area contributed by atoms with E-state index in [1.807, 2.05) is 0 Å². The van der Waals surface area contributed by atoms with Crippen molar-refractivity contribution in [2.24, 2.45) is 5.92 Å². The van der Waals surface area contributed by atoms with Crippen LogP contribution in [0.3, 0.4) is 0 Å². The summed E-state index contributed by atoms with van der Waals surface area (Å²) in [6, 6.07) is 0. The zero-order valence-electron chi connectivity index (χ0n) is 8.00. The van der Waals surface area contributed by atoms with Crippen LogP contribution < -0.4 is 0 Å². The van der Waals surface area contributed by atoms with Crippen molar-refractivity contribution in [3.05, 3.63) is 12.2 Å². The molecule has 1 aliphatic rings. The van der Waals surface area contributed by atoms with Gasteiger partial charge in [-0.3, -0.25) is 0 Å². The molecule has 1 rings (SSSR count). The van der Waals surface area contributed by atoms with Crippen LogP contribution in [0.15, 0.2) is 12.2 Å². The fourth-order valence-electron chi connectivity index (χ4n) is 1.79. The van der Waals surface area contributed by atoms with Gasteiger partial charge in [-0.15, -0.1) is 0 Å². The Bertz CT molecular complexity index is 140. The van der Waals surface area contributed by atoms with Crippen molar-refractivity contribution in [2.75, 3.05) is 0 Å². The first-order chi connectivity index (χ1) is 5.84. The smallest absolute Gasteiger partial charge is 0.0602 e. The van der Waals surface area contributed by atoms with Crippen molar-refractivity contribution in [3.8, 4) is 0 Å². The highest BCUT2D eigenvalue weighted by molar-refractivity contribution is 4.94. The molecule has 1 saturated carbocycles. The van der Waals surface area contributed by atoms with Crippen molar-refractivity contribution in [1.29, 1.82) is 0 Å². The summed E-state index contributed by atoms with van der Waals surface area (Å²) in [5.41, 5.74) is 0. The average molecular weight is 168 g/mol. The Morgan fingerprint density at radius 3 is 2.83 bits per heavy atom. The first-order valence-corrected chi connectivity index (χ1v) is 5.19. The van der Waals surface area contributed by atoms with Gasteiger partial charge in [-0.1, -0.05) is 38.3 Å². The summed E-state index contributed by atoms with van der Waals surface area (Å²) >= 11 is 0. The SMILES string of the molecule is CCCC/C=C\[C@H]1CCC[C@@H]1O. The van der Waals surface area contributed by atoms with Crippen LogP contribution in [0.1, 0.15) is 45.4 Å². The van der Waals surface area contributed by atoms with Gasteiger partial charge < -0.3 is 5.11 Å². The lowest BCUT2D eigenvalue weighted by Crippen LogP contribution is -2.09. The second-order valence-corrected chi connectivity index (χ2v) is 3.73. The van der Waals surface area contributed by atoms with Gasteiger partial charge in [-0.05, 0) is 19.3 Å². The molecule has 1 fully saturated rings. The Balaban J connectivity index is 2.16. The maximum Gasteiger partial charge on any atom is 0.0602 e. The van der Waals surface area contributed by atoms with Crippen molar-refractivity contribution in [2.45, 2.75) is 51.6 Å². The minimum Gasteiger partial charge on any atom is -0.393 e. The fraction of sp³-hybridized carbons (Fsp3) is 0.818. The molecule has 0 aromatic carbocycles. The maximum atomic E-state index is 9.49. The molecule has 0 spiro atoms. The van der Waals surface area contributed by atoms with Crippen LogP contribution in [0.4, 0.5) is 0 Å². The third kappa shape index (κ3) is 2.98. The van der Waals surface area contributed by atoms with Crippen molar-refractivity contribution < 1.29 is 5.11 Å². The molecule has 1 aliphatic carbocycles. The van der Waals surface area contributed by atoms with Gasteiger partial charge in [-0.25, -0.2) is 0 Å². The Hall–Kier alpha value is -0.300. The predicted molar refractivity (Wildman–Crippen MR) is 52.0 cm³/mol. The van der Waals surface area contributed by atoms with E-state index in [9.17, 15) is 5.11 Å². The van der Waals surface area contributed by atoms with Gasteiger partial charge in [0.1, 0.15) is 0 Å². The molecule has 0 unspecified atom stereocenters. The van der Waals surface area contributed by atoms with Gasteiger partial charge in [0.25, 0.3) is 0 Å². The summed E-state index contributed by atoms with van der Waals surface area (Å²) in [6.45, 7) is 2.21. The quantitative estimate of drug-likeness (QED) is 0.505. The first-order valence-electron chi connectivity index (χ1n) is 5.19. The minimum absolute atomic E-state index is 0.0529. The van der Waals surface area contributed by atoms with Crippen LogP contribution in [-0.4, -0.2) is 11.2 Å².